The van der Waals surface area contributed by atoms with E-state index in [1.807, 2.05) is 30.3 Å². The van der Waals surface area contributed by atoms with Crippen LogP contribution in [-0.2, 0) is 6.54 Å². The second kappa shape index (κ2) is 7.67. The van der Waals surface area contributed by atoms with E-state index in [1.165, 1.54) is 0 Å². The number of rotatable bonds is 4. The summed E-state index contributed by atoms with van der Waals surface area (Å²) in [4.78, 5) is 12.5. The Bertz CT molecular complexity index is 959. The molecule has 0 fully saturated rings. The van der Waals surface area contributed by atoms with Gasteiger partial charge in [-0.2, -0.15) is 0 Å². The number of fused-ring (bicyclic) bond motifs is 1. The van der Waals surface area contributed by atoms with Crippen molar-refractivity contribution in [2.45, 2.75) is 13.0 Å². The van der Waals surface area contributed by atoms with Gasteiger partial charge in [-0.05, 0) is 5.56 Å². The minimum atomic E-state index is -0.397. The molecule has 0 atom stereocenters. The molecule has 3 aromatic rings. The number of hydrogen-bond acceptors (Lipinski definition) is 5. The minimum Gasteiger partial charge on any atom is -0.490 e. The zero-order valence-electron chi connectivity index (χ0n) is 14.4. The summed E-state index contributed by atoms with van der Waals surface area (Å²) in [6.45, 7) is 1.65. The third kappa shape index (κ3) is 4.03. The molecule has 0 saturated carbocycles. The Morgan fingerprint density at radius 2 is 1.89 bits per heavy atom. The fourth-order valence-corrected chi connectivity index (χ4v) is 2.92. The molecule has 2 heterocycles. The molecule has 138 valence electrons. The maximum Gasteiger partial charge on any atom is 0.277 e. The van der Waals surface area contributed by atoms with E-state index in [9.17, 15) is 4.79 Å². The maximum atomic E-state index is 12.5. The molecule has 1 aromatic heterocycles. The summed E-state index contributed by atoms with van der Waals surface area (Å²) < 4.78 is 12.8. The summed E-state index contributed by atoms with van der Waals surface area (Å²) in [7, 11) is 0. The van der Waals surface area contributed by atoms with E-state index >= 15 is 0 Å². The van der Waals surface area contributed by atoms with Gasteiger partial charge in [0.1, 0.15) is 0 Å². The van der Waals surface area contributed by atoms with Gasteiger partial charge < -0.3 is 14.8 Å². The quantitative estimate of drug-likeness (QED) is 0.746. The molecular formula is C19H17ClN4O3. The van der Waals surface area contributed by atoms with Crippen molar-refractivity contribution in [3.63, 3.8) is 0 Å². The van der Waals surface area contributed by atoms with E-state index in [-0.39, 0.29) is 5.69 Å². The van der Waals surface area contributed by atoms with Crippen LogP contribution in [0.4, 0.5) is 5.69 Å². The molecule has 1 N–H and O–H groups in total. The van der Waals surface area contributed by atoms with E-state index in [1.54, 1.807) is 23.0 Å². The van der Waals surface area contributed by atoms with Gasteiger partial charge in [0.25, 0.3) is 5.91 Å². The highest BCUT2D eigenvalue weighted by molar-refractivity contribution is 6.34. The van der Waals surface area contributed by atoms with Gasteiger partial charge in [-0.1, -0.05) is 47.1 Å². The zero-order chi connectivity index (χ0) is 18.6. The molecule has 0 saturated heterocycles. The third-order valence-corrected chi connectivity index (χ3v) is 4.36. The predicted molar refractivity (Wildman–Crippen MR) is 101 cm³/mol. The average Bonchev–Trinajstić information content (AvgIpc) is 3.02. The summed E-state index contributed by atoms with van der Waals surface area (Å²) in [5.41, 5.74) is 1.71. The first kappa shape index (κ1) is 17.4. The SMILES string of the molecule is O=C(Nc1cc2c(cc1Cl)OCCCO2)c1cn(Cc2ccccc2)nn1. The zero-order valence-corrected chi connectivity index (χ0v) is 15.1. The van der Waals surface area contributed by atoms with E-state index in [4.69, 9.17) is 21.1 Å². The Kier molecular flexibility index (Phi) is 4.93. The molecule has 27 heavy (non-hydrogen) atoms. The highest BCUT2D eigenvalue weighted by Crippen LogP contribution is 2.37. The number of amides is 1. The third-order valence-electron chi connectivity index (χ3n) is 4.04. The van der Waals surface area contributed by atoms with Crippen molar-refractivity contribution >= 4 is 23.2 Å². The number of aromatic nitrogens is 3. The number of halogens is 1. The lowest BCUT2D eigenvalue weighted by Crippen LogP contribution is -2.13. The Labute approximate surface area is 160 Å². The molecule has 1 aliphatic heterocycles. The van der Waals surface area contributed by atoms with Crippen LogP contribution in [-0.4, -0.2) is 34.1 Å². The van der Waals surface area contributed by atoms with Crippen LogP contribution in [0.3, 0.4) is 0 Å². The molecule has 0 aliphatic carbocycles. The molecule has 1 amide bonds. The smallest absolute Gasteiger partial charge is 0.277 e. The normalized spacial score (nSPS) is 13.1. The highest BCUT2D eigenvalue weighted by Gasteiger charge is 2.17. The van der Waals surface area contributed by atoms with Crippen molar-refractivity contribution in [2.75, 3.05) is 18.5 Å². The monoisotopic (exact) mass is 384 g/mol. The summed E-state index contributed by atoms with van der Waals surface area (Å²) in [5, 5.41) is 11.1. The van der Waals surface area contributed by atoms with Crippen molar-refractivity contribution in [3.8, 4) is 11.5 Å². The van der Waals surface area contributed by atoms with Crippen LogP contribution in [0.15, 0.2) is 48.7 Å². The van der Waals surface area contributed by atoms with Crippen molar-refractivity contribution < 1.29 is 14.3 Å². The standard InChI is InChI=1S/C19H17ClN4O3/c20-14-9-17-18(27-8-4-7-26-17)10-15(14)21-19(25)16-12-24(23-22-16)11-13-5-2-1-3-6-13/h1-3,5-6,9-10,12H,4,7-8,11H2,(H,21,25). The molecule has 8 heteroatoms. The summed E-state index contributed by atoms with van der Waals surface area (Å²) >= 11 is 6.27. The second-order valence-electron chi connectivity index (χ2n) is 6.07. The largest absolute Gasteiger partial charge is 0.490 e. The number of benzene rings is 2. The van der Waals surface area contributed by atoms with Crippen LogP contribution in [0.1, 0.15) is 22.5 Å². The van der Waals surface area contributed by atoms with Gasteiger partial charge >= 0.3 is 0 Å². The number of nitrogens with zero attached hydrogens (tertiary/aromatic N) is 3. The molecule has 2 aromatic carbocycles. The molecular weight excluding hydrogens is 368 g/mol. The second-order valence-corrected chi connectivity index (χ2v) is 6.48. The fraction of sp³-hybridized carbons (Fsp3) is 0.211. The lowest BCUT2D eigenvalue weighted by Gasteiger charge is -2.11. The van der Waals surface area contributed by atoms with Crippen LogP contribution < -0.4 is 14.8 Å². The van der Waals surface area contributed by atoms with E-state index in [0.29, 0.717) is 42.0 Å². The van der Waals surface area contributed by atoms with Crippen LogP contribution in [0, 0.1) is 0 Å². The van der Waals surface area contributed by atoms with Gasteiger partial charge in [0.05, 0.1) is 36.7 Å². The number of ether oxygens (including phenoxy) is 2. The van der Waals surface area contributed by atoms with Gasteiger partial charge in [0, 0.05) is 18.6 Å². The number of nitrogens with one attached hydrogen (secondary N) is 1. The van der Waals surface area contributed by atoms with Gasteiger partial charge in [-0.3, -0.25) is 4.79 Å². The molecule has 0 radical (unpaired) electrons. The van der Waals surface area contributed by atoms with Gasteiger partial charge in [-0.15, -0.1) is 5.10 Å². The molecule has 4 rings (SSSR count). The molecule has 0 unspecified atom stereocenters. The average molecular weight is 385 g/mol. The van der Waals surface area contributed by atoms with Crippen LogP contribution in [0.25, 0.3) is 0 Å². The molecule has 0 bridgehead atoms. The number of carbonyl (C=O) groups excluding carboxylic acids is 1. The maximum absolute atomic E-state index is 12.5. The highest BCUT2D eigenvalue weighted by atomic mass is 35.5. The van der Waals surface area contributed by atoms with Gasteiger partial charge in [0.2, 0.25) is 0 Å². The first-order valence-corrected chi connectivity index (χ1v) is 8.91. The van der Waals surface area contributed by atoms with Crippen LogP contribution >= 0.6 is 11.6 Å². The first-order valence-electron chi connectivity index (χ1n) is 8.53. The van der Waals surface area contributed by atoms with Crippen molar-refractivity contribution in [3.05, 3.63) is 64.9 Å². The van der Waals surface area contributed by atoms with Crippen molar-refractivity contribution in [1.29, 1.82) is 0 Å². The molecule has 1 aliphatic rings. The van der Waals surface area contributed by atoms with Crippen LogP contribution in [0.5, 0.6) is 11.5 Å². The Hall–Kier alpha value is -3.06. The van der Waals surface area contributed by atoms with E-state index < -0.39 is 5.91 Å². The number of anilines is 1. The predicted octanol–water partition coefficient (Wildman–Crippen LogP) is 3.39. The summed E-state index contributed by atoms with van der Waals surface area (Å²) in [6.07, 6.45) is 2.39. The Morgan fingerprint density at radius 1 is 1.15 bits per heavy atom. The Balaban J connectivity index is 1.49. The van der Waals surface area contributed by atoms with Gasteiger partial charge in [-0.25, -0.2) is 4.68 Å². The summed E-state index contributed by atoms with van der Waals surface area (Å²) in [6, 6.07) is 13.1. The first-order chi connectivity index (χ1) is 13.2. The van der Waals surface area contributed by atoms with E-state index in [2.05, 4.69) is 15.6 Å². The summed E-state index contributed by atoms with van der Waals surface area (Å²) in [5.74, 6) is 0.731. The minimum absolute atomic E-state index is 0.203. The Morgan fingerprint density at radius 3 is 2.67 bits per heavy atom. The van der Waals surface area contributed by atoms with Crippen LogP contribution in [0.2, 0.25) is 5.02 Å². The van der Waals surface area contributed by atoms with Crippen molar-refractivity contribution in [1.82, 2.24) is 15.0 Å². The topological polar surface area (TPSA) is 78.3 Å². The fourth-order valence-electron chi connectivity index (χ4n) is 2.72. The molecule has 0 spiro atoms. The molecule has 7 nitrogen and oxygen atoms in total. The van der Waals surface area contributed by atoms with E-state index in [0.717, 1.165) is 12.0 Å². The number of carbonyl (C=O) groups is 1. The van der Waals surface area contributed by atoms with Gasteiger partial charge in [0.15, 0.2) is 17.2 Å². The van der Waals surface area contributed by atoms with Crippen molar-refractivity contribution in [2.24, 2.45) is 0 Å². The lowest BCUT2D eigenvalue weighted by atomic mass is 10.2. The lowest BCUT2D eigenvalue weighted by molar-refractivity contribution is 0.102. The number of hydrogen-bond donors (Lipinski definition) is 1.